The summed E-state index contributed by atoms with van der Waals surface area (Å²) in [7, 11) is 0. The van der Waals surface area contributed by atoms with Crippen molar-refractivity contribution in [2.24, 2.45) is 17.8 Å². The number of hydrogen-bond donors (Lipinski definition) is 2. The third kappa shape index (κ3) is 2.51. The van der Waals surface area contributed by atoms with Crippen molar-refractivity contribution in [3.63, 3.8) is 0 Å². The van der Waals surface area contributed by atoms with Gasteiger partial charge in [-0.3, -0.25) is 0 Å². The summed E-state index contributed by atoms with van der Waals surface area (Å²) >= 11 is 5.99. The summed E-state index contributed by atoms with van der Waals surface area (Å²) < 4.78 is 0. The van der Waals surface area contributed by atoms with Gasteiger partial charge < -0.3 is 10.4 Å². The highest BCUT2D eigenvalue weighted by Gasteiger charge is 2.41. The Kier molecular flexibility index (Phi) is 3.63. The summed E-state index contributed by atoms with van der Waals surface area (Å²) in [6, 6.07) is 5.20. The molecule has 3 rings (SSSR count). The number of carbonyl (C=O) groups is 1. The van der Waals surface area contributed by atoms with Gasteiger partial charge in [-0.25, -0.2) is 4.79 Å². The summed E-state index contributed by atoms with van der Waals surface area (Å²) in [5.74, 6) is 1.46. The Morgan fingerprint density at radius 3 is 2.80 bits per heavy atom. The highest BCUT2D eigenvalue weighted by molar-refractivity contribution is 6.31. The molecule has 1 aromatic rings. The molecule has 108 valence electrons. The zero-order chi connectivity index (χ0) is 14.3. The van der Waals surface area contributed by atoms with Gasteiger partial charge in [-0.15, -0.1) is 0 Å². The second kappa shape index (κ2) is 5.28. The Morgan fingerprint density at radius 1 is 1.40 bits per heavy atom. The first-order chi connectivity index (χ1) is 9.54. The fourth-order valence-electron chi connectivity index (χ4n) is 4.08. The summed E-state index contributed by atoms with van der Waals surface area (Å²) in [4.78, 5) is 11.3. The first kappa shape index (κ1) is 13.7. The van der Waals surface area contributed by atoms with Crippen molar-refractivity contribution in [2.45, 2.75) is 38.6 Å². The molecule has 2 N–H and O–H groups in total. The average Bonchev–Trinajstić information content (AvgIpc) is 3.00. The van der Waals surface area contributed by atoms with Crippen molar-refractivity contribution in [1.29, 1.82) is 0 Å². The van der Waals surface area contributed by atoms with Gasteiger partial charge in [-0.1, -0.05) is 18.0 Å². The van der Waals surface area contributed by atoms with Gasteiger partial charge in [0.05, 0.1) is 11.3 Å². The van der Waals surface area contributed by atoms with Crippen LogP contribution in [0.4, 0.5) is 5.69 Å². The summed E-state index contributed by atoms with van der Waals surface area (Å²) in [6.45, 7) is 2.16. The predicted molar refractivity (Wildman–Crippen MR) is 80.4 cm³/mol. The van der Waals surface area contributed by atoms with E-state index in [0.717, 1.165) is 11.8 Å². The molecule has 4 atom stereocenters. The number of halogens is 1. The fourth-order valence-corrected chi connectivity index (χ4v) is 4.25. The molecule has 2 bridgehead atoms. The lowest BCUT2D eigenvalue weighted by molar-refractivity contribution is 0.0698. The monoisotopic (exact) mass is 293 g/mol. The minimum Gasteiger partial charge on any atom is -0.478 e. The minimum atomic E-state index is -0.913. The molecule has 0 amide bonds. The molecule has 4 unspecified atom stereocenters. The van der Waals surface area contributed by atoms with Crippen molar-refractivity contribution in [3.05, 3.63) is 28.8 Å². The van der Waals surface area contributed by atoms with Crippen LogP contribution in [-0.4, -0.2) is 17.1 Å². The summed E-state index contributed by atoms with van der Waals surface area (Å²) in [6.07, 6.45) is 5.36. The van der Waals surface area contributed by atoms with E-state index in [4.69, 9.17) is 11.6 Å². The average molecular weight is 294 g/mol. The van der Waals surface area contributed by atoms with Gasteiger partial charge in [0.2, 0.25) is 0 Å². The van der Waals surface area contributed by atoms with Crippen LogP contribution in [0.3, 0.4) is 0 Å². The molecule has 2 saturated carbocycles. The minimum absolute atomic E-state index is 0.293. The maximum absolute atomic E-state index is 11.3. The Bertz CT molecular complexity index is 531. The van der Waals surface area contributed by atoms with Crippen molar-refractivity contribution < 1.29 is 9.90 Å². The van der Waals surface area contributed by atoms with Gasteiger partial charge in [0, 0.05) is 11.1 Å². The second-order valence-electron chi connectivity index (χ2n) is 6.27. The molecular formula is C16H20ClNO2. The number of fused-ring (bicyclic) bond motifs is 2. The van der Waals surface area contributed by atoms with Crippen LogP contribution < -0.4 is 5.32 Å². The van der Waals surface area contributed by atoms with E-state index in [9.17, 15) is 9.90 Å². The zero-order valence-corrected chi connectivity index (χ0v) is 12.4. The van der Waals surface area contributed by atoms with E-state index in [1.807, 2.05) is 0 Å². The SMILES string of the molecule is CC(Nc1cc(Cl)ccc1C(=O)O)C1CC2CCC1C2. The summed E-state index contributed by atoms with van der Waals surface area (Å²) in [5, 5.41) is 13.2. The Hall–Kier alpha value is -1.22. The molecule has 3 nitrogen and oxygen atoms in total. The molecule has 1 aromatic carbocycles. The molecule has 0 aromatic heterocycles. The molecule has 2 aliphatic carbocycles. The zero-order valence-electron chi connectivity index (χ0n) is 11.6. The topological polar surface area (TPSA) is 49.3 Å². The predicted octanol–water partition coefficient (Wildman–Crippen LogP) is 4.27. The fraction of sp³-hybridized carbons (Fsp3) is 0.562. The van der Waals surface area contributed by atoms with E-state index < -0.39 is 5.97 Å². The van der Waals surface area contributed by atoms with Crippen LogP contribution in [0.1, 0.15) is 43.0 Å². The van der Waals surface area contributed by atoms with Crippen LogP contribution in [0.15, 0.2) is 18.2 Å². The molecule has 0 saturated heterocycles. The molecule has 0 radical (unpaired) electrons. The number of rotatable bonds is 4. The van der Waals surface area contributed by atoms with Gasteiger partial charge in [0.25, 0.3) is 0 Å². The van der Waals surface area contributed by atoms with Crippen LogP contribution >= 0.6 is 11.6 Å². The lowest BCUT2D eigenvalue weighted by Crippen LogP contribution is -2.30. The molecule has 2 fully saturated rings. The van der Waals surface area contributed by atoms with Gasteiger partial charge in [0.15, 0.2) is 0 Å². The van der Waals surface area contributed by atoms with Crippen LogP contribution in [0.25, 0.3) is 0 Å². The number of anilines is 1. The Morgan fingerprint density at radius 2 is 2.20 bits per heavy atom. The maximum Gasteiger partial charge on any atom is 0.337 e. The molecule has 0 aliphatic heterocycles. The second-order valence-corrected chi connectivity index (χ2v) is 6.70. The van der Waals surface area contributed by atoms with Crippen LogP contribution in [0.5, 0.6) is 0 Å². The lowest BCUT2D eigenvalue weighted by atomic mass is 9.84. The van der Waals surface area contributed by atoms with Crippen LogP contribution in [-0.2, 0) is 0 Å². The number of benzene rings is 1. The number of aromatic carboxylic acids is 1. The molecule has 2 aliphatic rings. The number of carboxylic acids is 1. The molecule has 20 heavy (non-hydrogen) atoms. The Balaban J connectivity index is 1.77. The summed E-state index contributed by atoms with van der Waals surface area (Å²) in [5.41, 5.74) is 0.935. The number of hydrogen-bond acceptors (Lipinski definition) is 2. The van der Waals surface area contributed by atoms with Gasteiger partial charge in [-0.05, 0) is 62.1 Å². The first-order valence-corrected chi connectivity index (χ1v) is 7.71. The number of nitrogens with one attached hydrogen (secondary N) is 1. The van der Waals surface area contributed by atoms with E-state index in [-0.39, 0.29) is 0 Å². The molecule has 0 spiro atoms. The van der Waals surface area contributed by atoms with E-state index in [1.54, 1.807) is 18.2 Å². The van der Waals surface area contributed by atoms with Crippen molar-refractivity contribution in [2.75, 3.05) is 5.32 Å². The highest BCUT2D eigenvalue weighted by atomic mass is 35.5. The van der Waals surface area contributed by atoms with Crippen LogP contribution in [0, 0.1) is 17.8 Å². The third-order valence-electron chi connectivity index (χ3n) is 5.03. The van der Waals surface area contributed by atoms with E-state index >= 15 is 0 Å². The highest BCUT2D eigenvalue weighted by Crippen LogP contribution is 2.49. The largest absolute Gasteiger partial charge is 0.478 e. The molecule has 0 heterocycles. The quantitative estimate of drug-likeness (QED) is 0.871. The maximum atomic E-state index is 11.3. The standard InChI is InChI=1S/C16H20ClNO2/c1-9(14-7-10-2-3-11(14)6-10)18-15-8-12(17)4-5-13(15)16(19)20/h4-5,8-11,14,18H,2-3,6-7H2,1H3,(H,19,20). The third-order valence-corrected chi connectivity index (χ3v) is 5.27. The van der Waals surface area contributed by atoms with Gasteiger partial charge in [0.1, 0.15) is 0 Å². The lowest BCUT2D eigenvalue weighted by Gasteiger charge is -2.29. The molecule has 4 heteroatoms. The van der Waals surface area contributed by atoms with E-state index in [2.05, 4.69) is 12.2 Å². The van der Waals surface area contributed by atoms with E-state index in [0.29, 0.717) is 28.2 Å². The first-order valence-electron chi connectivity index (χ1n) is 7.34. The van der Waals surface area contributed by atoms with Crippen LogP contribution in [0.2, 0.25) is 5.02 Å². The normalized spacial score (nSPS) is 29.4. The smallest absolute Gasteiger partial charge is 0.337 e. The van der Waals surface area contributed by atoms with Crippen molar-refractivity contribution in [1.82, 2.24) is 0 Å². The van der Waals surface area contributed by atoms with Gasteiger partial charge >= 0.3 is 5.97 Å². The molecular weight excluding hydrogens is 274 g/mol. The number of carboxylic acid groups (broad SMARTS) is 1. The van der Waals surface area contributed by atoms with Gasteiger partial charge in [-0.2, -0.15) is 0 Å². The van der Waals surface area contributed by atoms with Crippen molar-refractivity contribution in [3.8, 4) is 0 Å². The van der Waals surface area contributed by atoms with E-state index in [1.165, 1.54) is 25.7 Å². The van der Waals surface area contributed by atoms with Crippen molar-refractivity contribution >= 4 is 23.3 Å². The Labute approximate surface area is 124 Å².